The average Bonchev–Trinajstić information content (AvgIpc) is 2.83. The zero-order chi connectivity index (χ0) is 21.6. The number of nitro groups is 1. The number of non-ortho nitro benzene ring substituents is 1. The summed E-state index contributed by atoms with van der Waals surface area (Å²) in [6, 6.07) is 25.7. The van der Waals surface area contributed by atoms with Crippen LogP contribution in [0.15, 0.2) is 90.0 Å². The Morgan fingerprint density at radius 3 is 2.16 bits per heavy atom. The van der Waals surface area contributed by atoms with Crippen LogP contribution in [0.5, 0.6) is 0 Å². The van der Waals surface area contributed by atoms with Crippen LogP contribution < -0.4 is 5.43 Å². The van der Waals surface area contributed by atoms with Crippen LogP contribution in [0.1, 0.15) is 12.5 Å². The molecule has 1 N–H and O–H groups in total. The first kappa shape index (κ1) is 19.8. The number of aromatic nitrogens is 3. The third-order valence-electron chi connectivity index (χ3n) is 4.58. The minimum atomic E-state index is -0.439. The molecule has 152 valence electrons. The van der Waals surface area contributed by atoms with Crippen LogP contribution in [0, 0.1) is 10.1 Å². The molecule has 0 atom stereocenters. The van der Waals surface area contributed by atoms with E-state index in [1.807, 2.05) is 60.7 Å². The Morgan fingerprint density at radius 1 is 0.871 bits per heavy atom. The summed E-state index contributed by atoms with van der Waals surface area (Å²) >= 11 is 0. The van der Waals surface area contributed by atoms with E-state index in [9.17, 15) is 10.1 Å². The maximum absolute atomic E-state index is 11.0. The van der Waals surface area contributed by atoms with Gasteiger partial charge in [0.05, 0.1) is 10.6 Å². The average molecular weight is 410 g/mol. The van der Waals surface area contributed by atoms with Gasteiger partial charge in [0.15, 0.2) is 0 Å². The number of hydrogen-bond acceptors (Lipinski definition) is 7. The fraction of sp³-hybridized carbons (Fsp3) is 0.0435. The largest absolute Gasteiger partial charge is 0.270 e. The summed E-state index contributed by atoms with van der Waals surface area (Å²) < 4.78 is 0. The molecule has 1 aromatic heterocycles. The lowest BCUT2D eigenvalue weighted by molar-refractivity contribution is -0.384. The number of anilines is 1. The first-order valence-corrected chi connectivity index (χ1v) is 9.52. The minimum Gasteiger partial charge on any atom is -0.258 e. The molecule has 0 aliphatic carbocycles. The van der Waals surface area contributed by atoms with Crippen LogP contribution >= 0.6 is 0 Å². The van der Waals surface area contributed by atoms with E-state index in [1.54, 1.807) is 19.1 Å². The fourth-order valence-corrected chi connectivity index (χ4v) is 3.00. The molecule has 0 saturated heterocycles. The van der Waals surface area contributed by atoms with E-state index in [0.29, 0.717) is 22.7 Å². The van der Waals surface area contributed by atoms with Crippen molar-refractivity contribution in [3.63, 3.8) is 0 Å². The summed E-state index contributed by atoms with van der Waals surface area (Å²) in [6.07, 6.45) is 0. The van der Waals surface area contributed by atoms with Gasteiger partial charge in [0, 0.05) is 28.8 Å². The molecule has 0 fully saturated rings. The fourth-order valence-electron chi connectivity index (χ4n) is 3.00. The number of rotatable bonds is 6. The van der Waals surface area contributed by atoms with Crippen molar-refractivity contribution in [2.24, 2.45) is 5.10 Å². The van der Waals surface area contributed by atoms with Gasteiger partial charge in [-0.1, -0.05) is 72.8 Å². The molecule has 3 aromatic carbocycles. The standard InChI is InChI=1S/C23H18N6O2/c1-16(19-13-8-14-20(15-19)29(30)31)25-27-23-24-21(17-9-4-2-5-10-17)22(26-28-23)18-11-6-3-7-12-18/h2-15H,1H3,(H,24,27,28)/b25-16-. The van der Waals surface area contributed by atoms with Gasteiger partial charge in [-0.05, 0) is 6.92 Å². The van der Waals surface area contributed by atoms with E-state index in [2.05, 4.69) is 25.7 Å². The van der Waals surface area contributed by atoms with Crippen molar-refractivity contribution in [1.29, 1.82) is 0 Å². The Bertz CT molecular complexity index is 1240. The van der Waals surface area contributed by atoms with Crippen LogP contribution in [-0.2, 0) is 0 Å². The molecule has 0 spiro atoms. The van der Waals surface area contributed by atoms with Crippen LogP contribution in [0.25, 0.3) is 22.5 Å². The smallest absolute Gasteiger partial charge is 0.258 e. The number of hydrogen-bond donors (Lipinski definition) is 1. The van der Waals surface area contributed by atoms with Crippen LogP contribution in [-0.4, -0.2) is 25.8 Å². The monoisotopic (exact) mass is 410 g/mol. The Labute approximate surface area is 178 Å². The molecule has 0 aliphatic heterocycles. The molecule has 0 saturated carbocycles. The summed E-state index contributed by atoms with van der Waals surface area (Å²) in [5.74, 6) is 0.225. The zero-order valence-corrected chi connectivity index (χ0v) is 16.6. The van der Waals surface area contributed by atoms with Crippen molar-refractivity contribution in [3.05, 3.63) is 101 Å². The highest BCUT2D eigenvalue weighted by Gasteiger charge is 2.13. The highest BCUT2D eigenvalue weighted by Crippen LogP contribution is 2.28. The highest BCUT2D eigenvalue weighted by atomic mass is 16.6. The number of benzene rings is 3. The van der Waals surface area contributed by atoms with E-state index in [0.717, 1.165) is 11.1 Å². The van der Waals surface area contributed by atoms with Crippen LogP contribution in [0.2, 0.25) is 0 Å². The predicted molar refractivity (Wildman–Crippen MR) is 120 cm³/mol. The Hall–Kier alpha value is -4.46. The number of nitrogens with zero attached hydrogens (tertiary/aromatic N) is 5. The van der Waals surface area contributed by atoms with Gasteiger partial charge in [0.1, 0.15) is 11.4 Å². The second kappa shape index (κ2) is 8.91. The SMILES string of the molecule is C/C(=N/Nc1nnc(-c2ccccc2)c(-c2ccccc2)n1)c1cccc([N+](=O)[O-])c1. The van der Waals surface area contributed by atoms with E-state index >= 15 is 0 Å². The van der Waals surface area contributed by atoms with Crippen molar-refractivity contribution >= 4 is 17.3 Å². The minimum absolute atomic E-state index is 0.00328. The zero-order valence-electron chi connectivity index (χ0n) is 16.6. The van der Waals surface area contributed by atoms with Gasteiger partial charge >= 0.3 is 0 Å². The molecular formula is C23H18N6O2. The summed E-state index contributed by atoms with van der Waals surface area (Å²) in [4.78, 5) is 15.2. The summed E-state index contributed by atoms with van der Waals surface area (Å²) in [5, 5.41) is 23.8. The maximum atomic E-state index is 11.0. The molecule has 1 heterocycles. The van der Waals surface area contributed by atoms with Crippen molar-refractivity contribution in [2.45, 2.75) is 6.92 Å². The van der Waals surface area contributed by atoms with Gasteiger partial charge in [-0.2, -0.15) is 5.10 Å². The van der Waals surface area contributed by atoms with Crippen LogP contribution in [0.4, 0.5) is 11.6 Å². The summed E-state index contributed by atoms with van der Waals surface area (Å²) in [7, 11) is 0. The van der Waals surface area contributed by atoms with E-state index in [4.69, 9.17) is 0 Å². The van der Waals surface area contributed by atoms with Crippen molar-refractivity contribution in [2.75, 3.05) is 5.43 Å². The summed E-state index contributed by atoms with van der Waals surface area (Å²) in [5.41, 5.74) is 7.14. The van der Waals surface area contributed by atoms with Gasteiger partial charge in [-0.25, -0.2) is 10.4 Å². The molecule has 4 rings (SSSR count). The predicted octanol–water partition coefficient (Wildman–Crippen LogP) is 4.95. The normalized spacial score (nSPS) is 11.2. The third-order valence-corrected chi connectivity index (χ3v) is 4.58. The van der Waals surface area contributed by atoms with Crippen molar-refractivity contribution < 1.29 is 4.92 Å². The van der Waals surface area contributed by atoms with E-state index < -0.39 is 4.92 Å². The number of nitrogens with one attached hydrogen (secondary N) is 1. The molecule has 0 amide bonds. The van der Waals surface area contributed by atoms with Gasteiger partial charge in [0.25, 0.3) is 11.6 Å². The first-order chi connectivity index (χ1) is 15.1. The molecule has 0 aliphatic rings. The Balaban J connectivity index is 1.68. The van der Waals surface area contributed by atoms with Gasteiger partial charge in [0.2, 0.25) is 0 Å². The lowest BCUT2D eigenvalue weighted by Gasteiger charge is -2.09. The molecular weight excluding hydrogens is 392 g/mol. The second-order valence-electron chi connectivity index (χ2n) is 6.68. The molecule has 0 bridgehead atoms. The third kappa shape index (κ3) is 4.59. The Morgan fingerprint density at radius 2 is 1.52 bits per heavy atom. The molecule has 0 radical (unpaired) electrons. The number of hydrazone groups is 1. The lowest BCUT2D eigenvalue weighted by Crippen LogP contribution is -2.06. The number of nitro benzene ring substituents is 1. The van der Waals surface area contributed by atoms with Crippen molar-refractivity contribution in [1.82, 2.24) is 15.2 Å². The van der Waals surface area contributed by atoms with Gasteiger partial charge < -0.3 is 0 Å². The molecule has 8 heteroatoms. The Kier molecular flexibility index (Phi) is 5.70. The second-order valence-corrected chi connectivity index (χ2v) is 6.68. The molecule has 8 nitrogen and oxygen atoms in total. The van der Waals surface area contributed by atoms with E-state index in [-0.39, 0.29) is 11.6 Å². The first-order valence-electron chi connectivity index (χ1n) is 9.52. The van der Waals surface area contributed by atoms with Crippen molar-refractivity contribution in [3.8, 4) is 22.5 Å². The van der Waals surface area contributed by atoms with Crippen LogP contribution in [0.3, 0.4) is 0 Å². The quantitative estimate of drug-likeness (QED) is 0.274. The van der Waals surface area contributed by atoms with E-state index in [1.165, 1.54) is 12.1 Å². The van der Waals surface area contributed by atoms with Gasteiger partial charge in [-0.3, -0.25) is 10.1 Å². The molecule has 0 unspecified atom stereocenters. The highest BCUT2D eigenvalue weighted by molar-refractivity contribution is 5.99. The molecule has 31 heavy (non-hydrogen) atoms. The summed E-state index contributed by atoms with van der Waals surface area (Å²) in [6.45, 7) is 1.75. The van der Waals surface area contributed by atoms with Gasteiger partial charge in [-0.15, -0.1) is 10.2 Å². The molecule has 4 aromatic rings. The maximum Gasteiger partial charge on any atom is 0.270 e. The topological polar surface area (TPSA) is 106 Å². The lowest BCUT2D eigenvalue weighted by atomic mass is 10.0.